The molecule has 0 bridgehead atoms. The van der Waals surface area contributed by atoms with E-state index in [2.05, 4.69) is 20.2 Å². The van der Waals surface area contributed by atoms with Crippen molar-refractivity contribution in [2.75, 3.05) is 5.32 Å². The summed E-state index contributed by atoms with van der Waals surface area (Å²) in [6.45, 7) is 1.84. The van der Waals surface area contributed by atoms with Crippen LogP contribution in [0.15, 0.2) is 74.6 Å². The van der Waals surface area contributed by atoms with E-state index in [0.29, 0.717) is 22.9 Å². The number of carbonyl (C=O) groups excluding carboxylic acids is 1. The molecule has 0 radical (unpaired) electrons. The van der Waals surface area contributed by atoms with Gasteiger partial charge in [0.2, 0.25) is 10.0 Å². The zero-order valence-corrected chi connectivity index (χ0v) is 16.7. The van der Waals surface area contributed by atoms with E-state index in [-0.39, 0.29) is 17.1 Å². The highest BCUT2D eigenvalue weighted by Crippen LogP contribution is 2.21. The van der Waals surface area contributed by atoms with Crippen molar-refractivity contribution in [3.05, 3.63) is 78.1 Å². The second-order valence-electron chi connectivity index (χ2n) is 6.46. The number of nitrogens with one attached hydrogen (secondary N) is 3. The Morgan fingerprint density at radius 1 is 1.13 bits per heavy atom. The summed E-state index contributed by atoms with van der Waals surface area (Å²) < 4.78 is 38.1. The summed E-state index contributed by atoms with van der Waals surface area (Å²) in [5.41, 5.74) is 1.02. The molecule has 3 aromatic heterocycles. The Bertz CT molecular complexity index is 1270. The van der Waals surface area contributed by atoms with E-state index in [4.69, 9.17) is 8.83 Å². The second-order valence-corrected chi connectivity index (χ2v) is 8.23. The maximum atomic E-state index is 12.5. The number of anilines is 1. The van der Waals surface area contributed by atoms with Crippen molar-refractivity contribution in [2.24, 2.45) is 0 Å². The molecule has 1 aromatic carbocycles. The summed E-state index contributed by atoms with van der Waals surface area (Å²) in [5, 5.41) is 9.38. The Kier molecular flexibility index (Phi) is 5.25. The first-order valence-electron chi connectivity index (χ1n) is 8.96. The fourth-order valence-corrected chi connectivity index (χ4v) is 3.78. The number of hydrogen-bond donors (Lipinski definition) is 3. The van der Waals surface area contributed by atoms with Gasteiger partial charge in [-0.25, -0.2) is 13.1 Å². The number of hydrogen-bond acceptors (Lipinski definition) is 6. The van der Waals surface area contributed by atoms with E-state index in [1.807, 2.05) is 13.0 Å². The number of aryl methyl sites for hydroxylation is 1. The minimum atomic E-state index is -3.78. The molecule has 0 fully saturated rings. The predicted octanol–water partition coefficient (Wildman–Crippen LogP) is 3.30. The topological polar surface area (TPSA) is 130 Å². The van der Waals surface area contributed by atoms with Gasteiger partial charge in [0, 0.05) is 11.8 Å². The van der Waals surface area contributed by atoms with Crippen LogP contribution in [0.5, 0.6) is 0 Å². The molecule has 3 N–H and O–H groups in total. The minimum absolute atomic E-state index is 0.0145. The average molecular weight is 426 g/mol. The van der Waals surface area contributed by atoms with Crippen molar-refractivity contribution in [2.45, 2.75) is 18.4 Å². The molecule has 0 aliphatic carbocycles. The van der Waals surface area contributed by atoms with Crippen LogP contribution in [0, 0.1) is 6.92 Å². The summed E-state index contributed by atoms with van der Waals surface area (Å²) in [5.74, 6) is 1.31. The van der Waals surface area contributed by atoms with Crippen molar-refractivity contribution < 1.29 is 22.0 Å². The molecular weight excluding hydrogens is 408 g/mol. The van der Waals surface area contributed by atoms with Gasteiger partial charge in [-0.2, -0.15) is 5.10 Å². The highest BCUT2D eigenvalue weighted by atomic mass is 32.2. The first kappa shape index (κ1) is 19.7. The highest BCUT2D eigenvalue weighted by Gasteiger charge is 2.17. The second kappa shape index (κ2) is 8.01. The van der Waals surface area contributed by atoms with Crippen LogP contribution in [-0.2, 0) is 16.6 Å². The predicted molar refractivity (Wildman–Crippen MR) is 108 cm³/mol. The van der Waals surface area contributed by atoms with Crippen LogP contribution >= 0.6 is 0 Å². The molecule has 1 amide bonds. The lowest BCUT2D eigenvalue weighted by Crippen LogP contribution is -2.23. The molecule has 9 nitrogen and oxygen atoms in total. The van der Waals surface area contributed by atoms with E-state index in [0.717, 1.165) is 5.76 Å². The van der Waals surface area contributed by atoms with Crippen LogP contribution in [0.3, 0.4) is 0 Å². The quantitative estimate of drug-likeness (QED) is 0.416. The molecular formula is C20H18N4O5S. The van der Waals surface area contributed by atoms with Crippen LogP contribution in [0.4, 0.5) is 5.69 Å². The van der Waals surface area contributed by atoms with E-state index in [1.165, 1.54) is 18.4 Å². The Morgan fingerprint density at radius 3 is 2.73 bits per heavy atom. The number of aromatic amines is 1. The number of benzene rings is 1. The van der Waals surface area contributed by atoms with Gasteiger partial charge in [-0.1, -0.05) is 6.07 Å². The molecule has 0 atom stereocenters. The standard InChI is InChI=1S/C20H18N4O5S/c1-13-7-8-19(29-13)17-11-18(24-23-17)20(25)22-14-4-2-6-16(10-14)30(26,27)21-12-15-5-3-9-28-15/h2-11,21H,12H2,1H3,(H,22,25)(H,23,24). The molecule has 4 aromatic rings. The van der Waals surface area contributed by atoms with Gasteiger partial charge in [0.15, 0.2) is 11.5 Å². The molecule has 0 saturated carbocycles. The lowest BCUT2D eigenvalue weighted by molar-refractivity contribution is 0.102. The third-order valence-electron chi connectivity index (χ3n) is 4.24. The fourth-order valence-electron chi connectivity index (χ4n) is 2.74. The van der Waals surface area contributed by atoms with Crippen molar-refractivity contribution >= 4 is 21.6 Å². The summed E-state index contributed by atoms with van der Waals surface area (Å²) in [6, 6.07) is 14.4. The SMILES string of the molecule is Cc1ccc(-c2cc(C(=O)Nc3cccc(S(=O)(=O)NCc4ccco4)c3)n[nH]2)o1. The molecule has 154 valence electrons. The number of rotatable bonds is 7. The Morgan fingerprint density at radius 2 is 2.00 bits per heavy atom. The average Bonchev–Trinajstić information content (AvgIpc) is 3.48. The van der Waals surface area contributed by atoms with Crippen LogP contribution < -0.4 is 10.0 Å². The van der Waals surface area contributed by atoms with E-state index in [1.54, 1.807) is 36.4 Å². The molecule has 0 spiro atoms. The van der Waals surface area contributed by atoms with Gasteiger partial charge in [-0.3, -0.25) is 9.89 Å². The number of H-pyrrole nitrogens is 1. The van der Waals surface area contributed by atoms with Crippen LogP contribution in [0.2, 0.25) is 0 Å². The first-order chi connectivity index (χ1) is 14.4. The fraction of sp³-hybridized carbons (Fsp3) is 0.100. The minimum Gasteiger partial charge on any atom is -0.468 e. The number of furan rings is 2. The number of amides is 1. The molecule has 30 heavy (non-hydrogen) atoms. The zero-order valence-electron chi connectivity index (χ0n) is 15.9. The maximum Gasteiger partial charge on any atom is 0.276 e. The summed E-state index contributed by atoms with van der Waals surface area (Å²) in [6.07, 6.45) is 1.47. The summed E-state index contributed by atoms with van der Waals surface area (Å²) in [4.78, 5) is 12.5. The Labute approximate surface area is 172 Å². The third-order valence-corrected chi connectivity index (χ3v) is 5.63. The van der Waals surface area contributed by atoms with Gasteiger partial charge in [0.05, 0.1) is 17.7 Å². The van der Waals surface area contributed by atoms with Crippen molar-refractivity contribution in [3.63, 3.8) is 0 Å². The molecule has 0 saturated heterocycles. The lowest BCUT2D eigenvalue weighted by Gasteiger charge is -2.08. The monoisotopic (exact) mass is 426 g/mol. The van der Waals surface area contributed by atoms with E-state index < -0.39 is 15.9 Å². The number of aromatic nitrogens is 2. The number of nitrogens with zero attached hydrogens (tertiary/aromatic N) is 1. The first-order valence-corrected chi connectivity index (χ1v) is 10.4. The number of carbonyl (C=O) groups is 1. The molecule has 3 heterocycles. The Hall–Kier alpha value is -3.63. The van der Waals surface area contributed by atoms with Crippen molar-refractivity contribution in [3.8, 4) is 11.5 Å². The largest absolute Gasteiger partial charge is 0.468 e. The normalized spacial score (nSPS) is 11.5. The van der Waals surface area contributed by atoms with E-state index in [9.17, 15) is 13.2 Å². The van der Waals surface area contributed by atoms with Gasteiger partial charge in [0.1, 0.15) is 17.2 Å². The van der Waals surface area contributed by atoms with Crippen molar-refractivity contribution in [1.29, 1.82) is 0 Å². The summed E-state index contributed by atoms with van der Waals surface area (Å²) in [7, 11) is -3.78. The van der Waals surface area contributed by atoms with Crippen LogP contribution in [-0.4, -0.2) is 24.5 Å². The smallest absolute Gasteiger partial charge is 0.276 e. The van der Waals surface area contributed by atoms with Gasteiger partial charge >= 0.3 is 0 Å². The molecule has 0 unspecified atom stereocenters. The third kappa shape index (κ3) is 4.34. The molecule has 10 heteroatoms. The molecule has 0 aliphatic heterocycles. The van der Waals surface area contributed by atoms with Crippen LogP contribution in [0.25, 0.3) is 11.5 Å². The van der Waals surface area contributed by atoms with Gasteiger partial charge in [-0.05, 0) is 49.4 Å². The zero-order chi connectivity index (χ0) is 21.1. The van der Waals surface area contributed by atoms with Gasteiger partial charge in [-0.15, -0.1) is 0 Å². The molecule has 0 aliphatic rings. The van der Waals surface area contributed by atoms with E-state index >= 15 is 0 Å². The molecule has 4 rings (SSSR count). The number of sulfonamides is 1. The van der Waals surface area contributed by atoms with Crippen LogP contribution in [0.1, 0.15) is 22.0 Å². The lowest BCUT2D eigenvalue weighted by atomic mass is 10.2. The maximum absolute atomic E-state index is 12.5. The van der Waals surface area contributed by atoms with Gasteiger partial charge < -0.3 is 14.2 Å². The Balaban J connectivity index is 1.46. The van der Waals surface area contributed by atoms with Crippen molar-refractivity contribution in [1.82, 2.24) is 14.9 Å². The van der Waals surface area contributed by atoms with Gasteiger partial charge in [0.25, 0.3) is 5.91 Å². The highest BCUT2D eigenvalue weighted by molar-refractivity contribution is 7.89. The summed E-state index contributed by atoms with van der Waals surface area (Å²) >= 11 is 0.